The van der Waals surface area contributed by atoms with Gasteiger partial charge in [-0.25, -0.2) is 4.98 Å². The van der Waals surface area contributed by atoms with Crippen molar-refractivity contribution in [2.75, 3.05) is 26.8 Å². The van der Waals surface area contributed by atoms with E-state index < -0.39 is 0 Å². The van der Waals surface area contributed by atoms with Crippen LogP contribution in [0.2, 0.25) is 0 Å². The molecule has 4 nitrogen and oxygen atoms in total. The van der Waals surface area contributed by atoms with E-state index in [1.54, 1.807) is 7.11 Å². The van der Waals surface area contributed by atoms with Gasteiger partial charge in [0.25, 0.3) is 0 Å². The number of imidazole rings is 1. The summed E-state index contributed by atoms with van der Waals surface area (Å²) in [6.45, 7) is 7.46. The van der Waals surface area contributed by atoms with Crippen LogP contribution in [-0.2, 0) is 10.2 Å². The van der Waals surface area contributed by atoms with Gasteiger partial charge in [0, 0.05) is 31.0 Å². The fourth-order valence-corrected chi connectivity index (χ4v) is 2.93. The van der Waals surface area contributed by atoms with Crippen molar-refractivity contribution >= 4 is 0 Å². The van der Waals surface area contributed by atoms with E-state index in [1.807, 2.05) is 12.5 Å². The number of ether oxygens (including phenoxy) is 1. The fourth-order valence-electron chi connectivity index (χ4n) is 2.93. The largest absolute Gasteiger partial charge is 0.383 e. The maximum Gasteiger partial charge on any atom is 0.0951 e. The number of rotatable bonds is 6. The van der Waals surface area contributed by atoms with Crippen molar-refractivity contribution in [3.63, 3.8) is 0 Å². The van der Waals surface area contributed by atoms with E-state index >= 15 is 0 Å². The first-order valence-electron chi connectivity index (χ1n) is 6.93. The highest BCUT2D eigenvalue weighted by Crippen LogP contribution is 2.32. The standard InChI is InChI=1S/C14H25N3O/c1-4-5-12(9-18-3)17-11-16-8-13(17)14(2)6-7-15-10-14/h8,11-12,15H,4-7,9-10H2,1-3H3. The highest BCUT2D eigenvalue weighted by atomic mass is 16.5. The molecule has 1 aliphatic rings. The van der Waals surface area contributed by atoms with E-state index in [0.717, 1.165) is 26.1 Å². The second kappa shape index (κ2) is 5.85. The van der Waals surface area contributed by atoms with Crippen molar-refractivity contribution in [3.05, 3.63) is 18.2 Å². The van der Waals surface area contributed by atoms with Gasteiger partial charge < -0.3 is 14.6 Å². The van der Waals surface area contributed by atoms with Crippen LogP contribution in [0.5, 0.6) is 0 Å². The molecular weight excluding hydrogens is 226 g/mol. The molecule has 1 aliphatic heterocycles. The van der Waals surface area contributed by atoms with E-state index in [2.05, 4.69) is 28.7 Å². The first-order valence-corrected chi connectivity index (χ1v) is 6.93. The molecule has 0 bridgehead atoms. The molecule has 1 aromatic rings. The Morgan fingerprint density at radius 3 is 3.06 bits per heavy atom. The average Bonchev–Trinajstić information content (AvgIpc) is 2.98. The van der Waals surface area contributed by atoms with Gasteiger partial charge in [-0.05, 0) is 19.4 Å². The summed E-state index contributed by atoms with van der Waals surface area (Å²) in [5, 5.41) is 3.46. The van der Waals surface area contributed by atoms with Gasteiger partial charge in [-0.1, -0.05) is 20.3 Å². The topological polar surface area (TPSA) is 39.1 Å². The monoisotopic (exact) mass is 251 g/mol. The Labute approximate surface area is 110 Å². The summed E-state index contributed by atoms with van der Waals surface area (Å²) in [6.07, 6.45) is 7.50. The van der Waals surface area contributed by atoms with Crippen LogP contribution in [0.3, 0.4) is 0 Å². The third-order valence-corrected chi connectivity index (χ3v) is 4.03. The molecule has 1 fully saturated rings. The molecule has 0 saturated carbocycles. The molecule has 1 aromatic heterocycles. The number of methoxy groups -OCH3 is 1. The van der Waals surface area contributed by atoms with Crippen molar-refractivity contribution in [2.24, 2.45) is 0 Å². The maximum absolute atomic E-state index is 5.37. The molecular formula is C14H25N3O. The fraction of sp³-hybridized carbons (Fsp3) is 0.786. The van der Waals surface area contributed by atoms with Crippen molar-refractivity contribution in [1.82, 2.24) is 14.9 Å². The quantitative estimate of drug-likeness (QED) is 0.841. The smallest absolute Gasteiger partial charge is 0.0951 e. The molecule has 2 heterocycles. The van der Waals surface area contributed by atoms with Gasteiger partial charge in [0.2, 0.25) is 0 Å². The molecule has 2 atom stereocenters. The molecule has 0 aliphatic carbocycles. The van der Waals surface area contributed by atoms with Gasteiger partial charge in [-0.2, -0.15) is 0 Å². The normalized spacial score (nSPS) is 25.5. The summed E-state index contributed by atoms with van der Waals surface area (Å²) in [4.78, 5) is 4.38. The van der Waals surface area contributed by atoms with Crippen molar-refractivity contribution in [3.8, 4) is 0 Å². The highest BCUT2D eigenvalue weighted by Gasteiger charge is 2.34. The zero-order valence-corrected chi connectivity index (χ0v) is 11.8. The number of nitrogens with zero attached hydrogens (tertiary/aromatic N) is 2. The van der Waals surface area contributed by atoms with Gasteiger partial charge in [-0.3, -0.25) is 0 Å². The van der Waals surface area contributed by atoms with Crippen LogP contribution in [0.1, 0.15) is 44.8 Å². The van der Waals surface area contributed by atoms with E-state index in [4.69, 9.17) is 4.74 Å². The summed E-state index contributed by atoms with van der Waals surface area (Å²) in [5.41, 5.74) is 1.57. The van der Waals surface area contributed by atoms with Crippen molar-refractivity contribution in [1.29, 1.82) is 0 Å². The first kappa shape index (κ1) is 13.6. The van der Waals surface area contributed by atoms with Crippen LogP contribution in [0, 0.1) is 0 Å². The third kappa shape index (κ3) is 2.59. The second-order valence-electron chi connectivity index (χ2n) is 5.57. The molecule has 0 amide bonds. The average molecular weight is 251 g/mol. The zero-order chi connectivity index (χ0) is 13.0. The Morgan fingerprint density at radius 2 is 2.44 bits per heavy atom. The lowest BCUT2D eigenvalue weighted by Crippen LogP contribution is -2.30. The van der Waals surface area contributed by atoms with Crippen LogP contribution in [0.4, 0.5) is 0 Å². The summed E-state index contributed by atoms with van der Waals surface area (Å²) < 4.78 is 7.70. The zero-order valence-electron chi connectivity index (χ0n) is 11.8. The summed E-state index contributed by atoms with van der Waals surface area (Å²) in [6, 6.07) is 0.412. The van der Waals surface area contributed by atoms with Gasteiger partial charge in [0.1, 0.15) is 0 Å². The highest BCUT2D eigenvalue weighted by molar-refractivity contribution is 5.18. The van der Waals surface area contributed by atoms with Gasteiger partial charge in [-0.15, -0.1) is 0 Å². The van der Waals surface area contributed by atoms with Crippen LogP contribution in [-0.4, -0.2) is 36.4 Å². The lowest BCUT2D eigenvalue weighted by atomic mass is 9.86. The molecule has 4 heteroatoms. The first-order chi connectivity index (χ1) is 8.71. The van der Waals surface area contributed by atoms with E-state index in [0.29, 0.717) is 6.04 Å². The summed E-state index contributed by atoms with van der Waals surface area (Å²) >= 11 is 0. The Morgan fingerprint density at radius 1 is 1.61 bits per heavy atom. The van der Waals surface area contributed by atoms with Gasteiger partial charge in [0.15, 0.2) is 0 Å². The minimum Gasteiger partial charge on any atom is -0.383 e. The minimum absolute atomic E-state index is 0.218. The number of hydrogen-bond donors (Lipinski definition) is 1. The predicted octanol–water partition coefficient (Wildman–Crippen LogP) is 2.12. The summed E-state index contributed by atoms with van der Waals surface area (Å²) in [7, 11) is 1.78. The van der Waals surface area contributed by atoms with Gasteiger partial charge in [0.05, 0.1) is 19.0 Å². The SMILES string of the molecule is CCCC(COC)n1cncc1C1(C)CCNC1. The predicted molar refractivity (Wildman–Crippen MR) is 72.9 cm³/mol. The lowest BCUT2D eigenvalue weighted by molar-refractivity contribution is 0.147. The molecule has 18 heavy (non-hydrogen) atoms. The molecule has 2 unspecified atom stereocenters. The lowest BCUT2D eigenvalue weighted by Gasteiger charge is -2.28. The van der Waals surface area contributed by atoms with E-state index in [1.165, 1.54) is 18.5 Å². The number of aromatic nitrogens is 2. The molecule has 102 valence electrons. The van der Waals surface area contributed by atoms with E-state index in [-0.39, 0.29) is 5.41 Å². The summed E-state index contributed by atoms with van der Waals surface area (Å²) in [5.74, 6) is 0. The molecule has 1 N–H and O–H groups in total. The number of nitrogens with one attached hydrogen (secondary N) is 1. The van der Waals surface area contributed by atoms with Crippen LogP contribution in [0.25, 0.3) is 0 Å². The molecule has 0 radical (unpaired) electrons. The van der Waals surface area contributed by atoms with Crippen LogP contribution >= 0.6 is 0 Å². The Bertz CT molecular complexity index is 363. The molecule has 1 saturated heterocycles. The Balaban J connectivity index is 2.24. The van der Waals surface area contributed by atoms with Crippen molar-refractivity contribution in [2.45, 2.75) is 44.6 Å². The third-order valence-electron chi connectivity index (χ3n) is 4.03. The van der Waals surface area contributed by atoms with Crippen LogP contribution < -0.4 is 5.32 Å². The second-order valence-corrected chi connectivity index (χ2v) is 5.57. The minimum atomic E-state index is 0.218. The number of hydrogen-bond acceptors (Lipinski definition) is 3. The Kier molecular flexibility index (Phi) is 4.40. The van der Waals surface area contributed by atoms with E-state index in [9.17, 15) is 0 Å². The Hall–Kier alpha value is -0.870. The molecule has 2 rings (SSSR count). The molecule has 0 spiro atoms. The molecule has 0 aromatic carbocycles. The van der Waals surface area contributed by atoms with Crippen LogP contribution in [0.15, 0.2) is 12.5 Å². The van der Waals surface area contributed by atoms with Crippen molar-refractivity contribution < 1.29 is 4.74 Å². The maximum atomic E-state index is 5.37. The van der Waals surface area contributed by atoms with Gasteiger partial charge >= 0.3 is 0 Å².